The summed E-state index contributed by atoms with van der Waals surface area (Å²) in [6.07, 6.45) is 0.381. The van der Waals surface area contributed by atoms with E-state index in [9.17, 15) is 9.59 Å². The van der Waals surface area contributed by atoms with Crippen molar-refractivity contribution in [1.82, 2.24) is 10.6 Å². The third kappa shape index (κ3) is 8.27. The van der Waals surface area contributed by atoms with Crippen LogP contribution in [-0.2, 0) is 16.6 Å². The number of hydrogen-bond acceptors (Lipinski definition) is 4. The lowest BCUT2D eigenvalue weighted by molar-refractivity contribution is -0.122. The number of anilines is 2. The van der Waals surface area contributed by atoms with Crippen molar-refractivity contribution in [2.45, 2.75) is 45.6 Å². The van der Waals surface area contributed by atoms with Gasteiger partial charge in [-0.2, -0.15) is 0 Å². The molecule has 3 aromatic carbocycles. The Morgan fingerprint density at radius 1 is 0.892 bits per heavy atom. The van der Waals surface area contributed by atoms with Gasteiger partial charge in [0.05, 0.1) is 7.11 Å². The van der Waals surface area contributed by atoms with E-state index in [4.69, 9.17) is 4.74 Å². The average Bonchev–Trinajstić information content (AvgIpc) is 2.87. The first-order chi connectivity index (χ1) is 17.7. The van der Waals surface area contributed by atoms with E-state index in [0.717, 1.165) is 33.8 Å². The van der Waals surface area contributed by atoms with Gasteiger partial charge in [0.15, 0.2) is 0 Å². The summed E-state index contributed by atoms with van der Waals surface area (Å²) in [6.45, 7) is 9.24. The molecule has 0 aliphatic rings. The molecule has 1 atom stereocenters. The van der Waals surface area contributed by atoms with E-state index >= 15 is 0 Å². The molecule has 0 radical (unpaired) electrons. The summed E-state index contributed by atoms with van der Waals surface area (Å²) >= 11 is 0. The summed E-state index contributed by atoms with van der Waals surface area (Å²) in [5.74, 6) is 0.545. The maximum absolute atomic E-state index is 13.1. The zero-order valence-electron chi connectivity index (χ0n) is 22.4. The molecule has 0 aliphatic heterocycles. The van der Waals surface area contributed by atoms with E-state index in [0.29, 0.717) is 19.5 Å². The number of methoxy groups -OCH3 is 1. The molecule has 0 saturated carbocycles. The van der Waals surface area contributed by atoms with Crippen molar-refractivity contribution in [2.75, 3.05) is 30.8 Å². The van der Waals surface area contributed by atoms with Gasteiger partial charge in [0.25, 0.3) is 0 Å². The first-order valence-electron chi connectivity index (χ1n) is 12.5. The first-order valence-corrected chi connectivity index (χ1v) is 12.5. The first kappa shape index (κ1) is 27.6. The Morgan fingerprint density at radius 2 is 1.59 bits per heavy atom. The van der Waals surface area contributed by atoms with Gasteiger partial charge in [0, 0.05) is 30.9 Å². The van der Waals surface area contributed by atoms with Gasteiger partial charge in [-0.3, -0.25) is 4.79 Å². The maximum Gasteiger partial charge on any atom is 0.319 e. The molecule has 37 heavy (non-hydrogen) atoms. The zero-order chi connectivity index (χ0) is 26.8. The van der Waals surface area contributed by atoms with E-state index in [2.05, 4.69) is 42.0 Å². The van der Waals surface area contributed by atoms with Crippen LogP contribution in [0.1, 0.15) is 37.5 Å². The molecule has 0 spiro atoms. The number of rotatable bonds is 10. The van der Waals surface area contributed by atoms with Crippen LogP contribution in [0.2, 0.25) is 0 Å². The van der Waals surface area contributed by atoms with Crippen LogP contribution in [0.5, 0.6) is 5.75 Å². The van der Waals surface area contributed by atoms with E-state index < -0.39 is 12.1 Å². The van der Waals surface area contributed by atoms with E-state index in [1.165, 1.54) is 0 Å². The highest BCUT2D eigenvalue weighted by atomic mass is 16.5. The number of ether oxygens (including phenoxy) is 1. The summed E-state index contributed by atoms with van der Waals surface area (Å²) in [4.78, 5) is 26.2. The van der Waals surface area contributed by atoms with Crippen molar-refractivity contribution in [3.8, 4) is 5.75 Å². The molecule has 3 amide bonds. The molecule has 196 valence electrons. The maximum atomic E-state index is 13.1. The van der Waals surface area contributed by atoms with Gasteiger partial charge in [0.2, 0.25) is 5.91 Å². The van der Waals surface area contributed by atoms with Crippen LogP contribution in [0, 0.1) is 6.92 Å². The predicted molar refractivity (Wildman–Crippen MR) is 150 cm³/mol. The van der Waals surface area contributed by atoms with Gasteiger partial charge in [0.1, 0.15) is 11.8 Å². The van der Waals surface area contributed by atoms with Crippen molar-refractivity contribution in [3.05, 3.63) is 89.5 Å². The van der Waals surface area contributed by atoms with Gasteiger partial charge in [-0.05, 0) is 53.3 Å². The molecule has 3 aromatic rings. The molecule has 7 nitrogen and oxygen atoms in total. The minimum Gasteiger partial charge on any atom is -0.497 e. The van der Waals surface area contributed by atoms with Crippen molar-refractivity contribution in [3.63, 3.8) is 0 Å². The number of para-hydroxylation sites is 1. The third-order valence-corrected chi connectivity index (χ3v) is 6.07. The predicted octanol–water partition coefficient (Wildman–Crippen LogP) is 5.26. The van der Waals surface area contributed by atoms with Crippen LogP contribution < -0.4 is 26.0 Å². The second-order valence-corrected chi connectivity index (χ2v) is 10.0. The zero-order valence-corrected chi connectivity index (χ0v) is 22.4. The SMILES string of the molecule is COc1ccc(NCCNC(=O)[C@H](Cc2ccccc2)NC(=O)Nc2c(C)cccc2C(C)(C)C)cc1. The molecule has 0 heterocycles. The fourth-order valence-electron chi connectivity index (χ4n) is 4.05. The van der Waals surface area contributed by atoms with Crippen molar-refractivity contribution in [2.24, 2.45) is 0 Å². The quantitative estimate of drug-likeness (QED) is 0.285. The minimum atomic E-state index is -0.731. The average molecular weight is 503 g/mol. The molecule has 4 N–H and O–H groups in total. The highest BCUT2D eigenvalue weighted by Gasteiger charge is 2.24. The number of urea groups is 1. The lowest BCUT2D eigenvalue weighted by Crippen LogP contribution is -2.50. The molecule has 7 heteroatoms. The number of amides is 3. The van der Waals surface area contributed by atoms with Crippen LogP contribution >= 0.6 is 0 Å². The van der Waals surface area contributed by atoms with Gasteiger partial charge < -0.3 is 26.0 Å². The second-order valence-electron chi connectivity index (χ2n) is 10.0. The van der Waals surface area contributed by atoms with Gasteiger partial charge >= 0.3 is 6.03 Å². The fourth-order valence-corrected chi connectivity index (χ4v) is 4.05. The topological polar surface area (TPSA) is 91.5 Å². The summed E-state index contributed by atoms with van der Waals surface area (Å²) in [5, 5.41) is 12.1. The lowest BCUT2D eigenvalue weighted by Gasteiger charge is -2.25. The van der Waals surface area contributed by atoms with Crippen molar-refractivity contribution in [1.29, 1.82) is 0 Å². The number of carbonyl (C=O) groups excluding carboxylic acids is 2. The Balaban J connectivity index is 1.64. The molecule has 3 rings (SSSR count). The number of aryl methyl sites for hydroxylation is 1. The van der Waals surface area contributed by atoms with Crippen LogP contribution in [0.25, 0.3) is 0 Å². The normalized spacial score (nSPS) is 11.8. The highest BCUT2D eigenvalue weighted by molar-refractivity contribution is 5.95. The van der Waals surface area contributed by atoms with Crippen LogP contribution in [0.15, 0.2) is 72.8 Å². The van der Waals surface area contributed by atoms with Gasteiger partial charge in [-0.15, -0.1) is 0 Å². The Labute approximate surface area is 220 Å². The van der Waals surface area contributed by atoms with Crippen LogP contribution in [0.4, 0.5) is 16.2 Å². The number of nitrogens with one attached hydrogen (secondary N) is 4. The summed E-state index contributed by atoms with van der Waals surface area (Å²) in [7, 11) is 1.63. The van der Waals surface area contributed by atoms with E-state index in [1.54, 1.807) is 7.11 Å². The standard InChI is InChI=1S/C30H38N4O3/c1-21-10-9-13-25(30(2,3)4)27(21)34-29(36)33-26(20-22-11-7-6-8-12-22)28(35)32-19-18-31-23-14-16-24(37-5)17-15-23/h6-17,26,31H,18-20H2,1-5H3,(H,32,35)(H2,33,34,36)/t26-/m0/s1. The third-order valence-electron chi connectivity index (χ3n) is 6.07. The molecule has 0 unspecified atom stereocenters. The van der Waals surface area contributed by atoms with Crippen LogP contribution in [-0.4, -0.2) is 38.2 Å². The Morgan fingerprint density at radius 3 is 2.24 bits per heavy atom. The number of benzene rings is 3. The molecule has 0 bridgehead atoms. The van der Waals surface area contributed by atoms with Gasteiger partial charge in [-0.1, -0.05) is 69.3 Å². The summed E-state index contributed by atoms with van der Waals surface area (Å²) < 4.78 is 5.18. The highest BCUT2D eigenvalue weighted by Crippen LogP contribution is 2.31. The second kappa shape index (κ2) is 12.8. The van der Waals surface area contributed by atoms with Gasteiger partial charge in [-0.25, -0.2) is 4.79 Å². The van der Waals surface area contributed by atoms with E-state index in [-0.39, 0.29) is 11.3 Å². The van der Waals surface area contributed by atoms with Crippen molar-refractivity contribution >= 4 is 23.3 Å². The molecule has 0 aromatic heterocycles. The summed E-state index contributed by atoms with van der Waals surface area (Å²) in [6, 6.07) is 22.1. The Bertz CT molecular complexity index is 1170. The molecular formula is C30H38N4O3. The molecule has 0 saturated heterocycles. The molecular weight excluding hydrogens is 464 g/mol. The number of carbonyl (C=O) groups is 2. The molecule has 0 fully saturated rings. The fraction of sp³-hybridized carbons (Fsp3) is 0.333. The largest absolute Gasteiger partial charge is 0.497 e. The Hall–Kier alpha value is -4.00. The monoisotopic (exact) mass is 502 g/mol. The summed E-state index contributed by atoms with van der Waals surface area (Å²) in [5.41, 5.74) is 4.53. The van der Waals surface area contributed by atoms with Crippen molar-refractivity contribution < 1.29 is 14.3 Å². The van der Waals surface area contributed by atoms with Crippen LogP contribution in [0.3, 0.4) is 0 Å². The number of hydrogen-bond donors (Lipinski definition) is 4. The lowest BCUT2D eigenvalue weighted by atomic mass is 9.84. The Kier molecular flexibility index (Phi) is 9.55. The van der Waals surface area contributed by atoms with E-state index in [1.807, 2.05) is 79.7 Å². The minimum absolute atomic E-state index is 0.146. The molecule has 0 aliphatic carbocycles. The smallest absolute Gasteiger partial charge is 0.319 e.